The Bertz CT molecular complexity index is 345. The van der Waals surface area contributed by atoms with Crippen LogP contribution in [-0.2, 0) is 17.6 Å². The van der Waals surface area contributed by atoms with Crippen molar-refractivity contribution in [3.8, 4) is 0 Å². The van der Waals surface area contributed by atoms with Crippen molar-refractivity contribution in [2.45, 2.75) is 39.0 Å². The van der Waals surface area contributed by atoms with Crippen LogP contribution in [0.3, 0.4) is 0 Å². The zero-order chi connectivity index (χ0) is 11.4. The van der Waals surface area contributed by atoms with E-state index in [9.17, 15) is 4.79 Å². The Labute approximate surface area is 101 Å². The number of ketones is 1. The summed E-state index contributed by atoms with van der Waals surface area (Å²) in [4.78, 5) is 14.1. The van der Waals surface area contributed by atoms with Gasteiger partial charge in [-0.3, -0.25) is 4.79 Å². The Hall–Kier alpha value is -0.670. The Kier molecular flexibility index (Phi) is 4.13. The average molecular weight is 238 g/mol. The second kappa shape index (κ2) is 5.60. The van der Waals surface area contributed by atoms with Gasteiger partial charge < -0.3 is 4.74 Å². The van der Waals surface area contributed by atoms with Gasteiger partial charge in [0.1, 0.15) is 6.61 Å². The molecule has 88 valence electrons. The molecule has 0 saturated carbocycles. The molecule has 0 atom stereocenters. The summed E-state index contributed by atoms with van der Waals surface area (Å²) in [6.07, 6.45) is 5.81. The third-order valence-corrected chi connectivity index (χ3v) is 4.13. The molecule has 0 unspecified atom stereocenters. The van der Waals surface area contributed by atoms with Crippen LogP contribution in [0.1, 0.15) is 46.3 Å². The second-order valence-electron chi connectivity index (χ2n) is 4.24. The van der Waals surface area contributed by atoms with Gasteiger partial charge in [0, 0.05) is 11.5 Å². The molecular weight excluding hydrogens is 220 g/mol. The summed E-state index contributed by atoms with van der Waals surface area (Å²) in [6.45, 7) is 2.97. The van der Waals surface area contributed by atoms with Gasteiger partial charge in [-0.25, -0.2) is 0 Å². The zero-order valence-corrected chi connectivity index (χ0v) is 10.6. The number of hydrogen-bond acceptors (Lipinski definition) is 3. The van der Waals surface area contributed by atoms with Crippen LogP contribution in [0.15, 0.2) is 6.07 Å². The van der Waals surface area contributed by atoms with Crippen LogP contribution < -0.4 is 0 Å². The van der Waals surface area contributed by atoms with Gasteiger partial charge in [0.15, 0.2) is 5.78 Å². The molecule has 0 fully saturated rings. The maximum atomic E-state index is 11.8. The van der Waals surface area contributed by atoms with Crippen molar-refractivity contribution in [3.63, 3.8) is 0 Å². The Morgan fingerprint density at radius 2 is 2.25 bits per heavy atom. The first-order valence-electron chi connectivity index (χ1n) is 6.03. The fraction of sp³-hybridized carbons (Fsp3) is 0.615. The molecule has 0 N–H and O–H groups in total. The number of hydrogen-bond donors (Lipinski definition) is 0. The SMILES string of the molecule is CCCOCC(=O)c1cc2c(s1)CCCC2. The molecule has 0 aromatic carbocycles. The van der Waals surface area contributed by atoms with Crippen molar-refractivity contribution in [2.75, 3.05) is 13.2 Å². The number of thiophene rings is 1. The van der Waals surface area contributed by atoms with E-state index in [1.807, 2.05) is 6.92 Å². The molecular formula is C13H18O2S. The fourth-order valence-corrected chi connectivity index (χ4v) is 3.19. The van der Waals surface area contributed by atoms with Crippen molar-refractivity contribution in [3.05, 3.63) is 21.4 Å². The standard InChI is InChI=1S/C13H18O2S/c1-2-7-15-9-11(14)13-8-10-5-3-4-6-12(10)16-13/h8H,2-7,9H2,1H3. The van der Waals surface area contributed by atoms with Crippen molar-refractivity contribution >= 4 is 17.1 Å². The number of fused-ring (bicyclic) bond motifs is 1. The van der Waals surface area contributed by atoms with E-state index in [1.54, 1.807) is 11.3 Å². The van der Waals surface area contributed by atoms with Crippen molar-refractivity contribution in [2.24, 2.45) is 0 Å². The number of rotatable bonds is 5. The Morgan fingerprint density at radius 1 is 1.44 bits per heavy atom. The van der Waals surface area contributed by atoms with E-state index in [2.05, 4.69) is 6.07 Å². The third-order valence-electron chi connectivity index (χ3n) is 2.85. The summed E-state index contributed by atoms with van der Waals surface area (Å²) >= 11 is 1.67. The molecule has 0 spiro atoms. The Morgan fingerprint density at radius 3 is 3.00 bits per heavy atom. The van der Waals surface area contributed by atoms with E-state index in [0.717, 1.165) is 24.1 Å². The summed E-state index contributed by atoms with van der Waals surface area (Å²) in [6, 6.07) is 2.08. The lowest BCUT2D eigenvalue weighted by molar-refractivity contribution is 0.0765. The molecule has 3 heteroatoms. The topological polar surface area (TPSA) is 26.3 Å². The van der Waals surface area contributed by atoms with E-state index >= 15 is 0 Å². The number of aryl methyl sites for hydroxylation is 2. The summed E-state index contributed by atoms with van der Waals surface area (Å²) in [5, 5.41) is 0. The molecule has 0 amide bonds. The molecule has 2 nitrogen and oxygen atoms in total. The molecule has 2 rings (SSSR count). The molecule has 1 aliphatic carbocycles. The minimum Gasteiger partial charge on any atom is -0.373 e. The molecule has 1 aliphatic rings. The summed E-state index contributed by atoms with van der Waals surface area (Å²) in [5.41, 5.74) is 1.40. The van der Waals surface area contributed by atoms with Crippen LogP contribution in [0.5, 0.6) is 0 Å². The zero-order valence-electron chi connectivity index (χ0n) is 9.75. The van der Waals surface area contributed by atoms with Crippen molar-refractivity contribution in [1.82, 2.24) is 0 Å². The lowest BCUT2D eigenvalue weighted by Gasteiger charge is -2.08. The van der Waals surface area contributed by atoms with Crippen molar-refractivity contribution in [1.29, 1.82) is 0 Å². The largest absolute Gasteiger partial charge is 0.373 e. The minimum absolute atomic E-state index is 0.146. The number of carbonyl (C=O) groups is 1. The van der Waals surface area contributed by atoms with Gasteiger partial charge in [0.25, 0.3) is 0 Å². The Balaban J connectivity index is 1.98. The highest BCUT2D eigenvalue weighted by Gasteiger charge is 2.16. The van der Waals surface area contributed by atoms with Crippen LogP contribution >= 0.6 is 11.3 Å². The maximum Gasteiger partial charge on any atom is 0.198 e. The van der Waals surface area contributed by atoms with E-state index in [-0.39, 0.29) is 12.4 Å². The molecule has 0 aliphatic heterocycles. The highest BCUT2D eigenvalue weighted by Crippen LogP contribution is 2.29. The van der Waals surface area contributed by atoms with Gasteiger partial charge in [-0.2, -0.15) is 0 Å². The first kappa shape index (κ1) is 11.8. The fourth-order valence-electron chi connectivity index (χ4n) is 2.01. The highest BCUT2D eigenvalue weighted by atomic mass is 32.1. The average Bonchev–Trinajstić information content (AvgIpc) is 2.73. The molecule has 1 aromatic rings. The van der Waals surface area contributed by atoms with Gasteiger partial charge in [-0.05, 0) is 43.7 Å². The van der Waals surface area contributed by atoms with Gasteiger partial charge in [-0.15, -0.1) is 11.3 Å². The normalized spacial score (nSPS) is 14.8. The first-order valence-corrected chi connectivity index (χ1v) is 6.85. The van der Waals surface area contributed by atoms with Crippen LogP contribution in [0.2, 0.25) is 0 Å². The lowest BCUT2D eigenvalue weighted by atomic mass is 9.99. The van der Waals surface area contributed by atoms with Gasteiger partial charge in [0.05, 0.1) is 4.88 Å². The maximum absolute atomic E-state index is 11.8. The quantitative estimate of drug-likeness (QED) is 0.581. The van der Waals surface area contributed by atoms with Gasteiger partial charge in [-0.1, -0.05) is 6.92 Å². The highest BCUT2D eigenvalue weighted by molar-refractivity contribution is 7.14. The second-order valence-corrected chi connectivity index (χ2v) is 5.38. The smallest absolute Gasteiger partial charge is 0.198 e. The number of Topliss-reactive ketones (excluding diaryl/α,β-unsaturated/α-hetero) is 1. The summed E-state index contributed by atoms with van der Waals surface area (Å²) in [7, 11) is 0. The predicted octanol–water partition coefficient (Wildman–Crippen LogP) is 3.24. The molecule has 0 bridgehead atoms. The van der Waals surface area contributed by atoms with Crippen LogP contribution in [0.4, 0.5) is 0 Å². The summed E-state index contributed by atoms with van der Waals surface area (Å²) in [5.74, 6) is 0.146. The third kappa shape index (κ3) is 2.71. The summed E-state index contributed by atoms with van der Waals surface area (Å²) < 4.78 is 5.29. The molecule has 0 saturated heterocycles. The molecule has 16 heavy (non-hydrogen) atoms. The van der Waals surface area contributed by atoms with E-state index in [0.29, 0.717) is 6.61 Å². The predicted molar refractivity (Wildman–Crippen MR) is 66.4 cm³/mol. The lowest BCUT2D eigenvalue weighted by Crippen LogP contribution is -2.07. The van der Waals surface area contributed by atoms with Crippen LogP contribution in [-0.4, -0.2) is 19.0 Å². The molecule has 1 heterocycles. The first-order chi connectivity index (χ1) is 7.81. The van der Waals surface area contributed by atoms with Crippen molar-refractivity contribution < 1.29 is 9.53 Å². The van der Waals surface area contributed by atoms with Gasteiger partial charge >= 0.3 is 0 Å². The van der Waals surface area contributed by atoms with Crippen LogP contribution in [0.25, 0.3) is 0 Å². The number of ether oxygens (including phenoxy) is 1. The van der Waals surface area contributed by atoms with E-state index < -0.39 is 0 Å². The van der Waals surface area contributed by atoms with E-state index in [1.165, 1.54) is 23.3 Å². The molecule has 0 radical (unpaired) electrons. The van der Waals surface area contributed by atoms with Gasteiger partial charge in [0.2, 0.25) is 0 Å². The monoisotopic (exact) mass is 238 g/mol. The molecule has 1 aromatic heterocycles. The van der Waals surface area contributed by atoms with Crippen LogP contribution in [0, 0.1) is 0 Å². The minimum atomic E-state index is 0.146. The van der Waals surface area contributed by atoms with E-state index in [4.69, 9.17) is 4.74 Å². The number of carbonyl (C=O) groups excluding carboxylic acids is 1.